The van der Waals surface area contributed by atoms with Crippen LogP contribution in [0.15, 0.2) is 12.2 Å². The second kappa shape index (κ2) is 2.79. The second-order valence-electron chi connectivity index (χ2n) is 3.87. The van der Waals surface area contributed by atoms with Crippen molar-refractivity contribution in [1.82, 2.24) is 0 Å². The van der Waals surface area contributed by atoms with Gasteiger partial charge in [-0.15, -0.1) is 0 Å². The van der Waals surface area contributed by atoms with Gasteiger partial charge in [-0.2, -0.15) is 13.2 Å². The van der Waals surface area contributed by atoms with Gasteiger partial charge in [-0.25, -0.2) is 0 Å². The summed E-state index contributed by atoms with van der Waals surface area (Å²) in [4.78, 5) is 0. The summed E-state index contributed by atoms with van der Waals surface area (Å²) in [5.74, 6) is 0.0466. The van der Waals surface area contributed by atoms with Crippen molar-refractivity contribution in [1.29, 1.82) is 0 Å². The lowest BCUT2D eigenvalue weighted by atomic mass is 9.74. The summed E-state index contributed by atoms with van der Waals surface area (Å²) in [5, 5.41) is 0. The first-order valence-electron chi connectivity index (χ1n) is 4.08. The van der Waals surface area contributed by atoms with Crippen molar-refractivity contribution < 1.29 is 13.2 Å². The largest absolute Gasteiger partial charge is 0.394 e. The fourth-order valence-electron chi connectivity index (χ4n) is 1.65. The van der Waals surface area contributed by atoms with Gasteiger partial charge in [0.25, 0.3) is 0 Å². The van der Waals surface area contributed by atoms with E-state index in [0.29, 0.717) is 0 Å². The lowest BCUT2D eigenvalue weighted by molar-refractivity contribution is -0.222. The lowest BCUT2D eigenvalue weighted by Crippen LogP contribution is -2.37. The molecule has 1 aliphatic carbocycles. The van der Waals surface area contributed by atoms with Crippen molar-refractivity contribution in [3.05, 3.63) is 12.2 Å². The first-order valence-corrected chi connectivity index (χ1v) is 4.08. The first-order chi connectivity index (χ1) is 5.35. The number of rotatable bonds is 0. The van der Waals surface area contributed by atoms with E-state index in [0.717, 1.165) is 0 Å². The van der Waals surface area contributed by atoms with Gasteiger partial charge >= 0.3 is 6.18 Å². The second-order valence-corrected chi connectivity index (χ2v) is 3.87. The summed E-state index contributed by atoms with van der Waals surface area (Å²) in [6, 6.07) is 0. The molecule has 0 spiro atoms. The molecule has 0 bridgehead atoms. The van der Waals surface area contributed by atoms with E-state index in [-0.39, 0.29) is 18.8 Å². The van der Waals surface area contributed by atoms with Crippen LogP contribution in [0.25, 0.3) is 0 Å². The molecule has 1 rings (SSSR count). The van der Waals surface area contributed by atoms with Gasteiger partial charge in [0, 0.05) is 0 Å². The third-order valence-electron chi connectivity index (χ3n) is 2.49. The Morgan fingerprint density at radius 2 is 2.00 bits per heavy atom. The molecule has 12 heavy (non-hydrogen) atoms. The SMILES string of the molecule is CC1C=CCC(C)(C(F)(F)F)C1. The smallest absolute Gasteiger partial charge is 0.171 e. The Labute approximate surface area is 70.5 Å². The highest BCUT2D eigenvalue weighted by Crippen LogP contribution is 2.47. The standard InChI is InChI=1S/C9H13F3/c1-7-4-3-5-8(2,6-7)9(10,11)12/h3-4,7H,5-6H2,1-2H3. The minimum atomic E-state index is -4.06. The zero-order chi connectivity index (χ0) is 9.41. The first kappa shape index (κ1) is 9.62. The van der Waals surface area contributed by atoms with Crippen LogP contribution in [-0.2, 0) is 0 Å². The van der Waals surface area contributed by atoms with E-state index in [1.165, 1.54) is 6.92 Å². The Kier molecular flexibility index (Phi) is 2.23. The molecule has 0 radical (unpaired) electrons. The monoisotopic (exact) mass is 178 g/mol. The average Bonchev–Trinajstić information content (AvgIpc) is 1.83. The van der Waals surface area contributed by atoms with Gasteiger partial charge in [-0.05, 0) is 18.8 Å². The molecule has 1 aliphatic rings. The van der Waals surface area contributed by atoms with Crippen LogP contribution in [0.4, 0.5) is 13.2 Å². The Bertz CT molecular complexity index is 192. The molecule has 0 heterocycles. The van der Waals surface area contributed by atoms with E-state index >= 15 is 0 Å². The van der Waals surface area contributed by atoms with E-state index in [1.807, 2.05) is 13.0 Å². The van der Waals surface area contributed by atoms with Crippen molar-refractivity contribution in [2.75, 3.05) is 0 Å². The van der Waals surface area contributed by atoms with Gasteiger partial charge in [-0.1, -0.05) is 26.0 Å². The van der Waals surface area contributed by atoms with Gasteiger partial charge in [0.2, 0.25) is 0 Å². The summed E-state index contributed by atoms with van der Waals surface area (Å²) in [6.45, 7) is 3.12. The van der Waals surface area contributed by atoms with Crippen LogP contribution in [0.1, 0.15) is 26.7 Å². The van der Waals surface area contributed by atoms with Crippen molar-refractivity contribution >= 4 is 0 Å². The highest BCUT2D eigenvalue weighted by molar-refractivity contribution is 5.02. The highest BCUT2D eigenvalue weighted by atomic mass is 19.4. The van der Waals surface area contributed by atoms with E-state index < -0.39 is 11.6 Å². The highest BCUT2D eigenvalue weighted by Gasteiger charge is 2.51. The molecule has 3 heteroatoms. The minimum absolute atomic E-state index is 0.0466. The van der Waals surface area contributed by atoms with Crippen LogP contribution in [0.3, 0.4) is 0 Å². The Morgan fingerprint density at radius 1 is 1.42 bits per heavy atom. The number of allylic oxidation sites excluding steroid dienone is 2. The zero-order valence-electron chi connectivity index (χ0n) is 7.28. The molecule has 0 N–H and O–H groups in total. The fourth-order valence-corrected chi connectivity index (χ4v) is 1.65. The molecule has 0 saturated carbocycles. The number of alkyl halides is 3. The van der Waals surface area contributed by atoms with Crippen LogP contribution in [0.2, 0.25) is 0 Å². The van der Waals surface area contributed by atoms with Crippen LogP contribution in [0, 0.1) is 11.3 Å². The van der Waals surface area contributed by atoms with E-state index in [4.69, 9.17) is 0 Å². The molecule has 0 aromatic carbocycles. The molecular formula is C9H13F3. The van der Waals surface area contributed by atoms with Crippen molar-refractivity contribution in [3.63, 3.8) is 0 Å². The van der Waals surface area contributed by atoms with Gasteiger partial charge in [0.05, 0.1) is 5.41 Å². The maximum Gasteiger partial charge on any atom is 0.394 e. The van der Waals surface area contributed by atoms with E-state index in [2.05, 4.69) is 0 Å². The number of hydrogen-bond donors (Lipinski definition) is 0. The minimum Gasteiger partial charge on any atom is -0.171 e. The summed E-state index contributed by atoms with van der Waals surface area (Å²) in [5.41, 5.74) is -1.50. The summed E-state index contributed by atoms with van der Waals surface area (Å²) in [7, 11) is 0. The number of hydrogen-bond acceptors (Lipinski definition) is 0. The molecule has 0 fully saturated rings. The predicted molar refractivity (Wildman–Crippen MR) is 41.7 cm³/mol. The average molecular weight is 178 g/mol. The topological polar surface area (TPSA) is 0 Å². The van der Waals surface area contributed by atoms with Crippen molar-refractivity contribution in [2.24, 2.45) is 11.3 Å². The Hall–Kier alpha value is -0.470. The summed E-state index contributed by atoms with van der Waals surface area (Å²) >= 11 is 0. The van der Waals surface area contributed by atoms with Crippen molar-refractivity contribution in [2.45, 2.75) is 32.9 Å². The molecule has 0 amide bonds. The third kappa shape index (κ3) is 1.65. The molecule has 70 valence electrons. The molecule has 0 aromatic rings. The van der Waals surface area contributed by atoms with Crippen LogP contribution in [0.5, 0.6) is 0 Å². The molecule has 2 atom stereocenters. The van der Waals surface area contributed by atoms with Gasteiger partial charge in [-0.3, -0.25) is 0 Å². The number of halogens is 3. The van der Waals surface area contributed by atoms with Gasteiger partial charge in [0.15, 0.2) is 0 Å². The van der Waals surface area contributed by atoms with Crippen LogP contribution in [-0.4, -0.2) is 6.18 Å². The molecule has 0 saturated heterocycles. The Balaban J connectivity index is 2.80. The molecule has 2 unspecified atom stereocenters. The Morgan fingerprint density at radius 3 is 2.33 bits per heavy atom. The predicted octanol–water partition coefficient (Wildman–Crippen LogP) is 3.54. The molecule has 0 nitrogen and oxygen atoms in total. The molecular weight excluding hydrogens is 165 g/mol. The summed E-state index contributed by atoms with van der Waals surface area (Å²) in [6.07, 6.45) is -0.227. The lowest BCUT2D eigenvalue weighted by Gasteiger charge is -2.35. The van der Waals surface area contributed by atoms with Crippen LogP contribution < -0.4 is 0 Å². The van der Waals surface area contributed by atoms with Gasteiger partial charge in [0.1, 0.15) is 0 Å². The van der Waals surface area contributed by atoms with Crippen LogP contribution >= 0.6 is 0 Å². The summed E-state index contributed by atoms with van der Waals surface area (Å²) < 4.78 is 37.4. The van der Waals surface area contributed by atoms with Gasteiger partial charge < -0.3 is 0 Å². The third-order valence-corrected chi connectivity index (χ3v) is 2.49. The maximum atomic E-state index is 12.5. The van der Waals surface area contributed by atoms with E-state index in [1.54, 1.807) is 6.08 Å². The normalized spacial score (nSPS) is 36.9. The fraction of sp³-hybridized carbons (Fsp3) is 0.778. The van der Waals surface area contributed by atoms with Crippen molar-refractivity contribution in [3.8, 4) is 0 Å². The zero-order valence-corrected chi connectivity index (χ0v) is 7.28. The van der Waals surface area contributed by atoms with E-state index in [9.17, 15) is 13.2 Å². The molecule has 0 aliphatic heterocycles. The maximum absolute atomic E-state index is 12.5. The molecule has 0 aromatic heterocycles. The quantitative estimate of drug-likeness (QED) is 0.498.